The lowest BCUT2D eigenvalue weighted by Crippen LogP contribution is -2.64. The van der Waals surface area contributed by atoms with E-state index in [4.69, 9.17) is 0 Å². The second-order valence-electron chi connectivity index (χ2n) is 5.82. The van der Waals surface area contributed by atoms with Gasteiger partial charge in [-0.15, -0.1) is 0 Å². The first-order chi connectivity index (χ1) is 9.87. The predicted octanol–water partition coefficient (Wildman–Crippen LogP) is 2.90. The van der Waals surface area contributed by atoms with Gasteiger partial charge < -0.3 is 10.4 Å². The molecule has 0 aromatic heterocycles. The Hall–Kier alpha value is 0.800. The number of benzene rings is 1. The lowest BCUT2D eigenvalue weighted by Gasteiger charge is -2.46. The summed E-state index contributed by atoms with van der Waals surface area (Å²) in [7, 11) is 0. The van der Waals surface area contributed by atoms with E-state index in [0.717, 1.165) is 29.2 Å². The van der Waals surface area contributed by atoms with Crippen molar-refractivity contribution < 1.29 is 9.90 Å². The molecule has 1 aromatic carbocycles. The third-order valence-corrected chi connectivity index (χ3v) is 6.29. The number of likely N-dealkylation sites (tertiary alicyclic amines) is 1. The Morgan fingerprint density at radius 1 is 1.29 bits per heavy atom. The van der Waals surface area contributed by atoms with E-state index in [-0.39, 0.29) is 5.91 Å². The lowest BCUT2D eigenvalue weighted by molar-refractivity contribution is -0.132. The molecule has 0 atom stereocenters. The van der Waals surface area contributed by atoms with Gasteiger partial charge in [0.15, 0.2) is 0 Å². The van der Waals surface area contributed by atoms with Gasteiger partial charge in [0.1, 0.15) is 0 Å². The fourth-order valence-electron chi connectivity index (χ4n) is 2.76. The molecule has 2 N–H and O–H groups in total. The topological polar surface area (TPSA) is 52.6 Å². The molecule has 0 spiro atoms. The van der Waals surface area contributed by atoms with Gasteiger partial charge in [-0.2, -0.15) is 0 Å². The maximum absolute atomic E-state index is 12.2. The van der Waals surface area contributed by atoms with Crippen LogP contribution in [-0.4, -0.2) is 41.1 Å². The first-order valence-electron chi connectivity index (χ1n) is 6.76. The zero-order valence-corrected chi connectivity index (χ0v) is 17.7. The highest BCUT2D eigenvalue weighted by Crippen LogP contribution is 2.44. The minimum atomic E-state index is -0.522. The molecule has 1 saturated heterocycles. The highest BCUT2D eigenvalue weighted by Gasteiger charge is 2.51. The number of anilines is 1. The zero-order valence-electron chi connectivity index (χ0n) is 11.2. The summed E-state index contributed by atoms with van der Waals surface area (Å²) < 4.78 is 3.27. The van der Waals surface area contributed by atoms with E-state index >= 15 is 0 Å². The van der Waals surface area contributed by atoms with Crippen molar-refractivity contribution >= 4 is 79.4 Å². The summed E-state index contributed by atoms with van der Waals surface area (Å²) in [6.07, 6.45) is 2.27. The maximum Gasteiger partial charge on any atom is 0.238 e. The van der Waals surface area contributed by atoms with Crippen LogP contribution in [0.5, 0.6) is 0 Å². The van der Waals surface area contributed by atoms with Gasteiger partial charge in [-0.3, -0.25) is 9.69 Å². The monoisotopic (exact) mass is 624 g/mol. The Bertz CT molecular complexity index is 561. The molecule has 1 amide bonds. The summed E-state index contributed by atoms with van der Waals surface area (Å²) in [5.74, 6) is 0.458. The van der Waals surface area contributed by atoms with Crippen LogP contribution in [0.4, 0.5) is 5.69 Å². The third kappa shape index (κ3) is 3.83. The van der Waals surface area contributed by atoms with Crippen LogP contribution in [-0.2, 0) is 4.79 Å². The summed E-state index contributed by atoms with van der Waals surface area (Å²) in [4.78, 5) is 14.2. The Kier molecular flexibility index (Phi) is 5.04. The molecule has 0 bridgehead atoms. The van der Waals surface area contributed by atoms with Gasteiger partial charge in [0.2, 0.25) is 5.91 Å². The Labute approximate surface area is 164 Å². The molecule has 0 radical (unpaired) electrons. The lowest BCUT2D eigenvalue weighted by atomic mass is 9.89. The molecular weight excluding hydrogens is 609 g/mol. The number of nitrogens with one attached hydrogen (secondary N) is 1. The number of hydrogen-bond acceptors (Lipinski definition) is 3. The SMILES string of the molecule is O=C(CN1CC(O)(C2CC2)C1)Nc1c(I)cc(I)cc1I. The summed E-state index contributed by atoms with van der Waals surface area (Å²) in [5.41, 5.74) is 0.367. The summed E-state index contributed by atoms with van der Waals surface area (Å²) in [6.45, 7) is 1.62. The summed E-state index contributed by atoms with van der Waals surface area (Å²) in [6, 6.07) is 4.10. The molecule has 2 aliphatic rings. The smallest absolute Gasteiger partial charge is 0.238 e. The molecule has 114 valence electrons. The van der Waals surface area contributed by atoms with Crippen LogP contribution in [0, 0.1) is 16.6 Å². The number of carbonyl (C=O) groups excluding carboxylic acids is 1. The Morgan fingerprint density at radius 3 is 2.38 bits per heavy atom. The van der Waals surface area contributed by atoms with Crippen molar-refractivity contribution in [1.29, 1.82) is 0 Å². The molecule has 1 saturated carbocycles. The molecule has 21 heavy (non-hydrogen) atoms. The minimum Gasteiger partial charge on any atom is -0.387 e. The van der Waals surface area contributed by atoms with E-state index in [1.165, 1.54) is 0 Å². The molecule has 1 aliphatic heterocycles. The Morgan fingerprint density at radius 2 is 1.86 bits per heavy atom. The van der Waals surface area contributed by atoms with Crippen LogP contribution >= 0.6 is 67.8 Å². The van der Waals surface area contributed by atoms with Gasteiger partial charge in [-0.05, 0) is 98.7 Å². The van der Waals surface area contributed by atoms with Crippen LogP contribution in [0.15, 0.2) is 12.1 Å². The summed E-state index contributed by atoms with van der Waals surface area (Å²) in [5, 5.41) is 13.3. The average Bonchev–Trinajstić information content (AvgIpc) is 3.15. The molecule has 3 rings (SSSR count). The van der Waals surface area contributed by atoms with Crippen molar-refractivity contribution in [3.63, 3.8) is 0 Å². The fraction of sp³-hybridized carbons (Fsp3) is 0.500. The highest BCUT2D eigenvalue weighted by molar-refractivity contribution is 14.1. The zero-order chi connectivity index (χ0) is 15.2. The van der Waals surface area contributed by atoms with Crippen LogP contribution in [0.2, 0.25) is 0 Å². The number of carbonyl (C=O) groups is 1. The Balaban J connectivity index is 1.56. The number of β-amino-alcohol motifs (C(OH)–C–C–N with tert-alkyl or cyclic N) is 1. The largest absolute Gasteiger partial charge is 0.387 e. The standard InChI is InChI=1S/C14H15I3N2O2/c15-9-3-10(16)13(11(17)4-9)18-12(20)5-19-6-14(21,7-19)8-1-2-8/h3-4,8,21H,1-2,5-7H2,(H,18,20). The normalized spacial score (nSPS) is 21.0. The van der Waals surface area contributed by atoms with Crippen LogP contribution in [0.3, 0.4) is 0 Å². The average molecular weight is 624 g/mol. The van der Waals surface area contributed by atoms with Crippen LogP contribution < -0.4 is 5.32 Å². The van der Waals surface area contributed by atoms with E-state index in [1.807, 2.05) is 17.0 Å². The molecular formula is C14H15I3N2O2. The van der Waals surface area contributed by atoms with Gasteiger partial charge in [-0.25, -0.2) is 0 Å². The second kappa shape index (κ2) is 6.36. The number of hydrogen-bond donors (Lipinski definition) is 2. The van der Waals surface area contributed by atoms with Crippen molar-refractivity contribution in [3.05, 3.63) is 22.8 Å². The van der Waals surface area contributed by atoms with Crippen molar-refractivity contribution in [3.8, 4) is 0 Å². The summed E-state index contributed by atoms with van der Waals surface area (Å²) >= 11 is 6.77. The van der Waals surface area contributed by atoms with E-state index in [1.54, 1.807) is 0 Å². The van der Waals surface area contributed by atoms with Gasteiger partial charge in [0.05, 0.1) is 17.8 Å². The van der Waals surface area contributed by atoms with Crippen LogP contribution in [0.1, 0.15) is 12.8 Å². The van der Waals surface area contributed by atoms with Crippen molar-refractivity contribution in [2.45, 2.75) is 18.4 Å². The molecule has 0 unspecified atom stereocenters. The molecule has 2 fully saturated rings. The number of rotatable bonds is 4. The van der Waals surface area contributed by atoms with E-state index in [0.29, 0.717) is 25.6 Å². The van der Waals surface area contributed by atoms with Gasteiger partial charge in [0, 0.05) is 23.8 Å². The first-order valence-corrected chi connectivity index (χ1v) is 10.0. The van der Waals surface area contributed by atoms with Crippen molar-refractivity contribution in [2.75, 3.05) is 25.0 Å². The molecule has 1 aromatic rings. The van der Waals surface area contributed by atoms with Crippen molar-refractivity contribution in [1.82, 2.24) is 4.90 Å². The third-order valence-electron chi connectivity index (χ3n) is 3.97. The number of aliphatic hydroxyl groups is 1. The maximum atomic E-state index is 12.2. The van der Waals surface area contributed by atoms with Gasteiger partial charge >= 0.3 is 0 Å². The van der Waals surface area contributed by atoms with E-state index in [9.17, 15) is 9.90 Å². The quantitative estimate of drug-likeness (QED) is 0.508. The fourth-order valence-corrected chi connectivity index (χ4v) is 6.61. The molecule has 1 aliphatic carbocycles. The van der Waals surface area contributed by atoms with E-state index in [2.05, 4.69) is 73.1 Å². The minimum absolute atomic E-state index is 0.00936. The second-order valence-corrected chi connectivity index (χ2v) is 9.39. The number of nitrogens with zero attached hydrogens (tertiary/aromatic N) is 1. The van der Waals surface area contributed by atoms with Gasteiger partial charge in [-0.1, -0.05) is 0 Å². The first kappa shape index (κ1) is 16.7. The number of halogens is 3. The predicted molar refractivity (Wildman–Crippen MR) is 107 cm³/mol. The molecule has 4 nitrogen and oxygen atoms in total. The van der Waals surface area contributed by atoms with Gasteiger partial charge in [0.25, 0.3) is 0 Å². The van der Waals surface area contributed by atoms with E-state index < -0.39 is 5.60 Å². The van der Waals surface area contributed by atoms with Crippen molar-refractivity contribution in [2.24, 2.45) is 5.92 Å². The molecule has 1 heterocycles. The van der Waals surface area contributed by atoms with Crippen LogP contribution in [0.25, 0.3) is 0 Å². The molecule has 7 heteroatoms. The highest BCUT2D eigenvalue weighted by atomic mass is 127. The number of amides is 1.